The van der Waals surface area contributed by atoms with Crippen LogP contribution in [0.25, 0.3) is 0 Å². The Kier molecular flexibility index (Phi) is 14.1. The molecule has 0 aliphatic carbocycles. The van der Waals surface area contributed by atoms with E-state index in [1.165, 1.54) is 11.1 Å². The summed E-state index contributed by atoms with van der Waals surface area (Å²) < 4.78 is 16.4. The molecule has 0 fully saturated rings. The zero-order valence-electron chi connectivity index (χ0n) is 23.2. The highest BCUT2D eigenvalue weighted by Gasteiger charge is 2.18. The van der Waals surface area contributed by atoms with E-state index in [0.29, 0.717) is 25.7 Å². The minimum Gasteiger partial charge on any atom is -0.466 e. The molecule has 0 aromatic heterocycles. The quantitative estimate of drug-likeness (QED) is 0.135. The summed E-state index contributed by atoms with van der Waals surface area (Å²) in [4.78, 5) is 37.0. The van der Waals surface area contributed by atoms with Gasteiger partial charge >= 0.3 is 17.9 Å². The molecule has 0 heterocycles. The van der Waals surface area contributed by atoms with Gasteiger partial charge in [0.2, 0.25) is 0 Å². The van der Waals surface area contributed by atoms with Crippen LogP contribution in [0, 0.1) is 0 Å². The van der Waals surface area contributed by atoms with Crippen LogP contribution < -0.4 is 0 Å². The lowest BCUT2D eigenvalue weighted by molar-refractivity contribution is -0.161. The predicted molar refractivity (Wildman–Crippen MR) is 155 cm³/mol. The van der Waals surface area contributed by atoms with Gasteiger partial charge in [0.1, 0.15) is 12.7 Å². The number of carbonyl (C=O) groups is 3. The highest BCUT2D eigenvalue weighted by molar-refractivity contribution is 5.70. The van der Waals surface area contributed by atoms with E-state index in [9.17, 15) is 14.4 Å². The lowest BCUT2D eigenvalue weighted by Gasteiger charge is -2.18. The monoisotopic (exact) mass is 544 g/mol. The number of hydrogen-bond acceptors (Lipinski definition) is 6. The zero-order chi connectivity index (χ0) is 28.3. The van der Waals surface area contributed by atoms with Crippen molar-refractivity contribution in [3.05, 3.63) is 108 Å². The molecule has 6 nitrogen and oxygen atoms in total. The molecule has 0 amide bonds. The van der Waals surface area contributed by atoms with Crippen molar-refractivity contribution >= 4 is 17.9 Å². The standard InChI is InChI=1S/C34H40O6/c35-32(22-10-19-28-13-4-1-5-14-28)38-26-25-31(40-34(37)24-12-21-30-17-8-3-9-18-30)27-39-33(36)23-11-20-29-15-6-2-7-16-29/h1-9,13-18,31H,10-12,19-27H2/t31-/m1/s1. The molecule has 0 saturated carbocycles. The summed E-state index contributed by atoms with van der Waals surface area (Å²) >= 11 is 0. The van der Waals surface area contributed by atoms with Crippen molar-refractivity contribution in [1.29, 1.82) is 0 Å². The number of benzene rings is 3. The van der Waals surface area contributed by atoms with Crippen molar-refractivity contribution in [3.8, 4) is 0 Å². The predicted octanol–water partition coefficient (Wildman–Crippen LogP) is 6.44. The molecule has 3 aromatic rings. The number of hydrogen-bond donors (Lipinski definition) is 0. The van der Waals surface area contributed by atoms with Gasteiger partial charge in [-0.2, -0.15) is 0 Å². The number of ether oxygens (including phenoxy) is 3. The van der Waals surface area contributed by atoms with Gasteiger partial charge in [0, 0.05) is 25.7 Å². The van der Waals surface area contributed by atoms with Crippen molar-refractivity contribution in [1.82, 2.24) is 0 Å². The summed E-state index contributed by atoms with van der Waals surface area (Å²) in [6, 6.07) is 29.9. The molecular formula is C34H40O6. The fourth-order valence-corrected chi connectivity index (χ4v) is 4.30. The Hall–Kier alpha value is -3.93. The molecule has 0 aliphatic rings. The van der Waals surface area contributed by atoms with E-state index in [4.69, 9.17) is 14.2 Å². The Morgan fingerprint density at radius 3 is 1.38 bits per heavy atom. The zero-order valence-corrected chi connectivity index (χ0v) is 23.2. The molecule has 0 N–H and O–H groups in total. The minimum atomic E-state index is -0.667. The van der Waals surface area contributed by atoms with E-state index in [2.05, 4.69) is 0 Å². The lowest BCUT2D eigenvalue weighted by atomic mass is 10.1. The van der Waals surface area contributed by atoms with Crippen LogP contribution in [0.2, 0.25) is 0 Å². The maximum atomic E-state index is 12.5. The maximum absolute atomic E-state index is 12.5. The molecule has 0 aliphatic heterocycles. The summed E-state index contributed by atoms with van der Waals surface area (Å²) in [5, 5.41) is 0. The van der Waals surface area contributed by atoms with E-state index in [0.717, 1.165) is 24.8 Å². The third-order valence-corrected chi connectivity index (χ3v) is 6.50. The Bertz CT molecular complexity index is 1130. The SMILES string of the molecule is O=C(CCCc1ccccc1)OCC[C@H](COC(=O)CCCc1ccccc1)OC(=O)CCCc1ccccc1. The van der Waals surface area contributed by atoms with E-state index >= 15 is 0 Å². The van der Waals surface area contributed by atoms with Crippen LogP contribution in [-0.2, 0) is 47.9 Å². The highest BCUT2D eigenvalue weighted by atomic mass is 16.6. The van der Waals surface area contributed by atoms with Crippen LogP contribution in [0.1, 0.15) is 61.6 Å². The Morgan fingerprint density at radius 2 is 0.925 bits per heavy atom. The molecule has 0 unspecified atom stereocenters. The van der Waals surface area contributed by atoms with Gasteiger partial charge in [-0.05, 0) is 55.2 Å². The second-order valence-electron chi connectivity index (χ2n) is 9.82. The van der Waals surface area contributed by atoms with Crippen molar-refractivity contribution in [2.24, 2.45) is 0 Å². The van der Waals surface area contributed by atoms with Gasteiger partial charge in [0.05, 0.1) is 6.61 Å². The lowest BCUT2D eigenvalue weighted by Crippen LogP contribution is -2.27. The number of esters is 3. The molecule has 6 heteroatoms. The minimum absolute atomic E-state index is 0.0554. The summed E-state index contributed by atoms with van der Waals surface area (Å²) in [5.74, 6) is -0.976. The van der Waals surface area contributed by atoms with Crippen molar-refractivity contribution in [3.63, 3.8) is 0 Å². The summed E-state index contributed by atoms with van der Waals surface area (Å²) in [5.41, 5.74) is 3.51. The van der Waals surface area contributed by atoms with Gasteiger partial charge in [0.15, 0.2) is 0 Å². The van der Waals surface area contributed by atoms with Gasteiger partial charge in [-0.25, -0.2) is 0 Å². The van der Waals surface area contributed by atoms with Crippen LogP contribution in [0.15, 0.2) is 91.0 Å². The molecule has 0 radical (unpaired) electrons. The molecule has 0 bridgehead atoms. The Labute approximate surface area is 237 Å². The first-order valence-electron chi connectivity index (χ1n) is 14.2. The van der Waals surface area contributed by atoms with Gasteiger partial charge in [-0.1, -0.05) is 91.0 Å². The largest absolute Gasteiger partial charge is 0.466 e. The number of aryl methyl sites for hydroxylation is 3. The maximum Gasteiger partial charge on any atom is 0.306 e. The first kappa shape index (κ1) is 30.6. The van der Waals surface area contributed by atoms with Crippen LogP contribution in [-0.4, -0.2) is 37.2 Å². The third-order valence-electron chi connectivity index (χ3n) is 6.50. The summed E-state index contributed by atoms with van der Waals surface area (Å²) in [6.45, 7) is 0.0395. The highest BCUT2D eigenvalue weighted by Crippen LogP contribution is 2.11. The fourth-order valence-electron chi connectivity index (χ4n) is 4.30. The average molecular weight is 545 g/mol. The molecule has 3 aromatic carbocycles. The number of carbonyl (C=O) groups excluding carboxylic acids is 3. The molecule has 0 spiro atoms. The molecule has 40 heavy (non-hydrogen) atoms. The van der Waals surface area contributed by atoms with Crippen LogP contribution in [0.5, 0.6) is 0 Å². The molecule has 212 valence electrons. The molecular weight excluding hydrogens is 504 g/mol. The Balaban J connectivity index is 1.39. The smallest absolute Gasteiger partial charge is 0.306 e. The van der Waals surface area contributed by atoms with Crippen LogP contribution in [0.4, 0.5) is 0 Å². The van der Waals surface area contributed by atoms with E-state index in [1.54, 1.807) is 0 Å². The van der Waals surface area contributed by atoms with Crippen LogP contribution in [0.3, 0.4) is 0 Å². The van der Waals surface area contributed by atoms with Gasteiger partial charge in [0.25, 0.3) is 0 Å². The van der Waals surface area contributed by atoms with E-state index in [-0.39, 0.29) is 50.4 Å². The molecule has 1 atom stereocenters. The first-order chi connectivity index (χ1) is 19.6. The van der Waals surface area contributed by atoms with Crippen LogP contribution >= 0.6 is 0 Å². The van der Waals surface area contributed by atoms with E-state index in [1.807, 2.05) is 91.0 Å². The second kappa shape index (κ2) is 18.4. The van der Waals surface area contributed by atoms with Gasteiger partial charge < -0.3 is 14.2 Å². The van der Waals surface area contributed by atoms with Crippen molar-refractivity contribution in [2.75, 3.05) is 13.2 Å². The third kappa shape index (κ3) is 13.2. The van der Waals surface area contributed by atoms with Crippen molar-refractivity contribution in [2.45, 2.75) is 70.3 Å². The second-order valence-corrected chi connectivity index (χ2v) is 9.82. The summed E-state index contributed by atoms with van der Waals surface area (Å²) in [6.07, 6.45) is 4.86. The van der Waals surface area contributed by atoms with Crippen molar-refractivity contribution < 1.29 is 28.6 Å². The van der Waals surface area contributed by atoms with Gasteiger partial charge in [-0.3, -0.25) is 14.4 Å². The number of rotatable bonds is 18. The summed E-state index contributed by atoms with van der Waals surface area (Å²) in [7, 11) is 0. The Morgan fingerprint density at radius 1 is 0.525 bits per heavy atom. The van der Waals surface area contributed by atoms with Gasteiger partial charge in [-0.15, -0.1) is 0 Å². The first-order valence-corrected chi connectivity index (χ1v) is 14.2. The molecule has 0 saturated heterocycles. The average Bonchev–Trinajstić information content (AvgIpc) is 2.97. The fraction of sp³-hybridized carbons (Fsp3) is 0.382. The molecule has 3 rings (SSSR count). The van der Waals surface area contributed by atoms with E-state index < -0.39 is 6.10 Å². The topological polar surface area (TPSA) is 78.9 Å². The normalized spacial score (nSPS) is 11.4.